The molecule has 0 aliphatic carbocycles. The molecule has 0 aliphatic rings. The highest BCUT2D eigenvalue weighted by Gasteiger charge is 2.14. The summed E-state index contributed by atoms with van der Waals surface area (Å²) in [7, 11) is 0. The van der Waals surface area contributed by atoms with E-state index in [4.69, 9.17) is 4.74 Å². The van der Waals surface area contributed by atoms with Gasteiger partial charge in [-0.15, -0.1) is 11.3 Å². The van der Waals surface area contributed by atoms with E-state index in [2.05, 4.69) is 20.9 Å². The minimum atomic E-state index is -0.386. The lowest BCUT2D eigenvalue weighted by Crippen LogP contribution is -2.12. The molecule has 4 nitrogen and oxygen atoms in total. The van der Waals surface area contributed by atoms with E-state index in [0.29, 0.717) is 17.9 Å². The van der Waals surface area contributed by atoms with Crippen LogP contribution < -0.4 is 10.3 Å². The Morgan fingerprint density at radius 1 is 1.25 bits per heavy atom. The fraction of sp³-hybridized carbons (Fsp3) is 0.111. The quantitative estimate of drug-likeness (QED) is 0.683. The van der Waals surface area contributed by atoms with Gasteiger partial charge in [0.05, 0.1) is 10.4 Å². The van der Waals surface area contributed by atoms with Gasteiger partial charge in [0.2, 0.25) is 0 Å². The zero-order valence-electron chi connectivity index (χ0n) is 12.8. The summed E-state index contributed by atoms with van der Waals surface area (Å²) in [5.41, 5.74) is 1.90. The standard InChI is InChI=1S/C18H13BrN2O2S/c1-2-23-12-5-3-11(4-6-12)15-9-13(14(10-20)18(22)21-15)16-7-8-17(19)24-16/h3-9H,2H2,1H3,(H,21,22). The van der Waals surface area contributed by atoms with Crippen molar-refractivity contribution in [1.82, 2.24) is 4.98 Å². The molecule has 3 aromatic rings. The van der Waals surface area contributed by atoms with E-state index in [-0.39, 0.29) is 11.1 Å². The molecule has 1 aromatic carbocycles. The minimum absolute atomic E-state index is 0.124. The molecule has 3 rings (SSSR count). The van der Waals surface area contributed by atoms with Crippen LogP contribution in [0, 0.1) is 11.3 Å². The second-order valence-corrected chi connectivity index (χ2v) is 7.44. The van der Waals surface area contributed by atoms with Crippen molar-refractivity contribution >= 4 is 27.3 Å². The number of H-pyrrole nitrogens is 1. The number of nitriles is 1. The highest BCUT2D eigenvalue weighted by Crippen LogP contribution is 2.34. The van der Waals surface area contributed by atoms with Gasteiger partial charge in [0.15, 0.2) is 0 Å². The van der Waals surface area contributed by atoms with E-state index in [0.717, 1.165) is 20.0 Å². The number of halogens is 1. The van der Waals surface area contributed by atoms with Gasteiger partial charge in [0, 0.05) is 16.1 Å². The van der Waals surface area contributed by atoms with Crippen molar-refractivity contribution in [2.45, 2.75) is 6.92 Å². The van der Waals surface area contributed by atoms with Crippen LogP contribution >= 0.6 is 27.3 Å². The van der Waals surface area contributed by atoms with Gasteiger partial charge in [-0.05, 0) is 70.9 Å². The van der Waals surface area contributed by atoms with Crippen LogP contribution in [0.3, 0.4) is 0 Å². The van der Waals surface area contributed by atoms with Crippen LogP contribution in [-0.4, -0.2) is 11.6 Å². The molecule has 2 heterocycles. The van der Waals surface area contributed by atoms with E-state index in [1.165, 1.54) is 11.3 Å². The van der Waals surface area contributed by atoms with Crippen LogP contribution in [0.1, 0.15) is 12.5 Å². The summed E-state index contributed by atoms with van der Waals surface area (Å²) < 4.78 is 6.38. The van der Waals surface area contributed by atoms with Gasteiger partial charge >= 0.3 is 0 Å². The number of aromatic nitrogens is 1. The largest absolute Gasteiger partial charge is 0.494 e. The average molecular weight is 401 g/mol. The summed E-state index contributed by atoms with van der Waals surface area (Å²) in [6, 6.07) is 15.1. The van der Waals surface area contributed by atoms with Gasteiger partial charge < -0.3 is 9.72 Å². The number of nitrogens with one attached hydrogen (secondary N) is 1. The van der Waals surface area contributed by atoms with Crippen LogP contribution in [0.15, 0.2) is 51.0 Å². The van der Waals surface area contributed by atoms with Crippen LogP contribution in [-0.2, 0) is 0 Å². The van der Waals surface area contributed by atoms with E-state index >= 15 is 0 Å². The first kappa shape index (κ1) is 16.5. The monoisotopic (exact) mass is 400 g/mol. The maximum atomic E-state index is 12.3. The maximum Gasteiger partial charge on any atom is 0.267 e. The number of ether oxygens (including phenoxy) is 1. The first-order chi connectivity index (χ1) is 11.6. The second kappa shape index (κ2) is 7.04. The number of pyridine rings is 1. The van der Waals surface area contributed by atoms with Crippen molar-refractivity contribution < 1.29 is 4.74 Å². The number of hydrogen-bond acceptors (Lipinski definition) is 4. The Balaban J connectivity index is 2.11. The molecule has 0 amide bonds. The molecule has 0 radical (unpaired) electrons. The number of thiophene rings is 1. The zero-order chi connectivity index (χ0) is 17.1. The van der Waals surface area contributed by atoms with Gasteiger partial charge in [-0.3, -0.25) is 4.79 Å². The van der Waals surface area contributed by atoms with E-state index in [9.17, 15) is 10.1 Å². The number of hydrogen-bond donors (Lipinski definition) is 1. The zero-order valence-corrected chi connectivity index (χ0v) is 15.2. The topological polar surface area (TPSA) is 65.9 Å². The summed E-state index contributed by atoms with van der Waals surface area (Å²) in [6.07, 6.45) is 0. The fourth-order valence-electron chi connectivity index (χ4n) is 2.38. The smallest absolute Gasteiger partial charge is 0.267 e. The molecule has 0 atom stereocenters. The second-order valence-electron chi connectivity index (χ2n) is 4.97. The van der Waals surface area contributed by atoms with Gasteiger partial charge in [-0.25, -0.2) is 0 Å². The Hall–Kier alpha value is -2.36. The molecule has 0 unspecified atom stereocenters. The minimum Gasteiger partial charge on any atom is -0.494 e. The Bertz CT molecular complexity index is 968. The molecule has 0 bridgehead atoms. The van der Waals surface area contributed by atoms with Crippen LogP contribution in [0.2, 0.25) is 0 Å². The lowest BCUT2D eigenvalue weighted by molar-refractivity contribution is 0.340. The van der Waals surface area contributed by atoms with Crippen molar-refractivity contribution in [1.29, 1.82) is 5.26 Å². The predicted octanol–water partition coefficient (Wildman–Crippen LogP) is 4.80. The molecule has 24 heavy (non-hydrogen) atoms. The van der Waals surface area contributed by atoms with Crippen molar-refractivity contribution in [3.8, 4) is 33.5 Å². The van der Waals surface area contributed by atoms with Gasteiger partial charge in [0.25, 0.3) is 5.56 Å². The van der Waals surface area contributed by atoms with Crippen LogP contribution in [0.4, 0.5) is 0 Å². The molecule has 2 aromatic heterocycles. The highest BCUT2D eigenvalue weighted by molar-refractivity contribution is 9.11. The molecule has 1 N–H and O–H groups in total. The molecular weight excluding hydrogens is 388 g/mol. The molecular formula is C18H13BrN2O2S. The highest BCUT2D eigenvalue weighted by atomic mass is 79.9. The van der Waals surface area contributed by atoms with Crippen LogP contribution in [0.5, 0.6) is 5.75 Å². The number of rotatable bonds is 4. The lowest BCUT2D eigenvalue weighted by atomic mass is 10.0. The summed E-state index contributed by atoms with van der Waals surface area (Å²) >= 11 is 4.90. The first-order valence-corrected chi connectivity index (χ1v) is 8.89. The SMILES string of the molecule is CCOc1ccc(-c2cc(-c3ccc(Br)s3)c(C#N)c(=O)[nH]2)cc1. The van der Waals surface area contributed by atoms with Crippen molar-refractivity contribution in [3.05, 3.63) is 62.2 Å². The summed E-state index contributed by atoms with van der Waals surface area (Å²) in [4.78, 5) is 16.0. The van der Waals surface area contributed by atoms with Crippen molar-refractivity contribution in [2.24, 2.45) is 0 Å². The molecule has 0 fully saturated rings. The van der Waals surface area contributed by atoms with E-state index in [1.54, 1.807) is 0 Å². The molecule has 0 saturated heterocycles. The molecule has 0 spiro atoms. The van der Waals surface area contributed by atoms with Crippen LogP contribution in [0.25, 0.3) is 21.7 Å². The normalized spacial score (nSPS) is 10.4. The summed E-state index contributed by atoms with van der Waals surface area (Å²) in [5, 5.41) is 9.33. The van der Waals surface area contributed by atoms with E-state index < -0.39 is 0 Å². The summed E-state index contributed by atoms with van der Waals surface area (Å²) in [6.45, 7) is 2.53. The number of benzene rings is 1. The van der Waals surface area contributed by atoms with Gasteiger partial charge in [0.1, 0.15) is 17.4 Å². The predicted molar refractivity (Wildman–Crippen MR) is 99.4 cm³/mol. The Morgan fingerprint density at radius 2 is 2.00 bits per heavy atom. The summed E-state index contributed by atoms with van der Waals surface area (Å²) in [5.74, 6) is 0.777. The van der Waals surface area contributed by atoms with Gasteiger partial charge in [-0.2, -0.15) is 5.26 Å². The Labute approximate surface area is 151 Å². The molecule has 0 saturated carbocycles. The molecule has 120 valence electrons. The van der Waals surface area contributed by atoms with E-state index in [1.807, 2.05) is 55.5 Å². The maximum absolute atomic E-state index is 12.3. The number of aromatic amines is 1. The Kier molecular flexibility index (Phi) is 4.84. The number of nitrogens with zero attached hydrogens (tertiary/aromatic N) is 1. The third kappa shape index (κ3) is 3.28. The Morgan fingerprint density at radius 3 is 2.58 bits per heavy atom. The van der Waals surface area contributed by atoms with Gasteiger partial charge in [-0.1, -0.05) is 0 Å². The van der Waals surface area contributed by atoms with Crippen molar-refractivity contribution in [3.63, 3.8) is 0 Å². The third-order valence-electron chi connectivity index (χ3n) is 3.46. The molecule has 0 aliphatic heterocycles. The lowest BCUT2D eigenvalue weighted by Gasteiger charge is -2.08. The molecule has 6 heteroatoms. The third-order valence-corrected chi connectivity index (χ3v) is 5.12. The first-order valence-electron chi connectivity index (χ1n) is 7.28. The fourth-order valence-corrected chi connectivity index (χ4v) is 3.79. The van der Waals surface area contributed by atoms with Crippen molar-refractivity contribution in [2.75, 3.05) is 6.61 Å². The average Bonchev–Trinajstić information content (AvgIpc) is 3.01.